The minimum atomic E-state index is -0.234. The molecule has 2 heterocycles. The van der Waals surface area contributed by atoms with Gasteiger partial charge in [0.05, 0.1) is 6.61 Å². The smallest absolute Gasteiger partial charge is 0.224 e. The third-order valence-electron chi connectivity index (χ3n) is 4.12. The Bertz CT molecular complexity index is 895. The van der Waals surface area contributed by atoms with Crippen LogP contribution >= 0.6 is 0 Å². The Hall–Kier alpha value is -2.80. The molecule has 0 saturated carbocycles. The summed E-state index contributed by atoms with van der Waals surface area (Å²) in [5.74, 6) is 1.62. The summed E-state index contributed by atoms with van der Waals surface area (Å²) >= 11 is 0. The summed E-state index contributed by atoms with van der Waals surface area (Å²) < 4.78 is 23.8. The topological polar surface area (TPSA) is 73.1 Å². The van der Waals surface area contributed by atoms with E-state index in [1.54, 1.807) is 13.2 Å². The second kappa shape index (κ2) is 8.05. The highest BCUT2D eigenvalue weighted by Crippen LogP contribution is 2.23. The van der Waals surface area contributed by atoms with E-state index in [1.807, 2.05) is 19.9 Å². The highest BCUT2D eigenvalue weighted by atomic mass is 19.1. The van der Waals surface area contributed by atoms with Crippen molar-refractivity contribution in [2.75, 3.05) is 12.4 Å². The zero-order valence-corrected chi connectivity index (χ0v) is 15.0. The van der Waals surface area contributed by atoms with Crippen molar-refractivity contribution >= 4 is 11.7 Å². The number of halogens is 1. The molecule has 6 nitrogen and oxygen atoms in total. The number of anilines is 2. The molecular weight excluding hydrogens is 335 g/mol. The van der Waals surface area contributed by atoms with Gasteiger partial charge in [-0.2, -0.15) is 0 Å². The number of benzene rings is 1. The van der Waals surface area contributed by atoms with Gasteiger partial charge in [-0.05, 0) is 38.0 Å². The van der Waals surface area contributed by atoms with Gasteiger partial charge >= 0.3 is 0 Å². The molecule has 1 N–H and O–H groups in total. The first-order valence-corrected chi connectivity index (χ1v) is 8.33. The minimum absolute atomic E-state index is 0.234. The van der Waals surface area contributed by atoms with Gasteiger partial charge in [0.25, 0.3) is 0 Å². The summed E-state index contributed by atoms with van der Waals surface area (Å²) in [6.07, 6.45) is 2.64. The molecular formula is C19H21FN4O2. The second-order valence-electron chi connectivity index (χ2n) is 6.01. The molecule has 3 aromatic rings. The lowest BCUT2D eigenvalue weighted by Crippen LogP contribution is -2.07. The van der Waals surface area contributed by atoms with Crippen LogP contribution in [0.5, 0.6) is 0 Å². The fourth-order valence-corrected chi connectivity index (χ4v) is 2.59. The van der Waals surface area contributed by atoms with Gasteiger partial charge in [0.1, 0.15) is 23.2 Å². The maximum atomic E-state index is 13.3. The van der Waals surface area contributed by atoms with E-state index in [9.17, 15) is 4.39 Å². The van der Waals surface area contributed by atoms with Gasteiger partial charge in [-0.15, -0.1) is 0 Å². The Morgan fingerprint density at radius 2 is 2.04 bits per heavy atom. The molecule has 0 fully saturated rings. The van der Waals surface area contributed by atoms with Crippen LogP contribution in [0.3, 0.4) is 0 Å². The molecule has 3 rings (SSSR count). The van der Waals surface area contributed by atoms with E-state index in [-0.39, 0.29) is 5.82 Å². The van der Waals surface area contributed by atoms with E-state index in [4.69, 9.17) is 9.15 Å². The molecule has 0 bridgehead atoms. The van der Waals surface area contributed by atoms with Crippen LogP contribution in [0.25, 0.3) is 0 Å². The zero-order chi connectivity index (χ0) is 18.5. The van der Waals surface area contributed by atoms with Crippen LogP contribution < -0.4 is 5.32 Å². The van der Waals surface area contributed by atoms with Crippen molar-refractivity contribution in [2.24, 2.45) is 0 Å². The Morgan fingerprint density at radius 3 is 2.81 bits per heavy atom. The third kappa shape index (κ3) is 4.23. The van der Waals surface area contributed by atoms with Crippen LogP contribution in [0.4, 0.5) is 16.1 Å². The Kier molecular flexibility index (Phi) is 5.58. The van der Waals surface area contributed by atoms with Crippen LogP contribution in [0.15, 0.2) is 35.1 Å². The van der Waals surface area contributed by atoms with Gasteiger partial charge < -0.3 is 14.5 Å². The molecule has 0 atom stereocenters. The van der Waals surface area contributed by atoms with Gasteiger partial charge in [-0.3, -0.25) is 0 Å². The Labute approximate surface area is 151 Å². The van der Waals surface area contributed by atoms with Gasteiger partial charge in [-0.25, -0.2) is 19.3 Å². The summed E-state index contributed by atoms with van der Waals surface area (Å²) in [6, 6.07) is 6.58. The quantitative estimate of drug-likeness (QED) is 0.692. The fourth-order valence-electron chi connectivity index (χ4n) is 2.59. The number of aromatic nitrogens is 3. The molecule has 26 heavy (non-hydrogen) atoms. The molecule has 0 aliphatic rings. The van der Waals surface area contributed by atoms with Crippen molar-refractivity contribution in [1.29, 1.82) is 0 Å². The van der Waals surface area contributed by atoms with Crippen LogP contribution in [0.2, 0.25) is 0 Å². The monoisotopic (exact) mass is 356 g/mol. The first-order chi connectivity index (χ1) is 12.6. The molecule has 0 unspecified atom stereocenters. The predicted octanol–water partition coefficient (Wildman–Crippen LogP) is 3.90. The van der Waals surface area contributed by atoms with Gasteiger partial charge in [0, 0.05) is 24.8 Å². The normalized spacial score (nSPS) is 10.9. The Balaban J connectivity index is 1.79. The van der Waals surface area contributed by atoms with E-state index in [2.05, 4.69) is 20.3 Å². The zero-order valence-electron chi connectivity index (χ0n) is 15.0. The van der Waals surface area contributed by atoms with Crippen LogP contribution in [-0.4, -0.2) is 22.1 Å². The highest BCUT2D eigenvalue weighted by molar-refractivity contribution is 5.56. The molecule has 0 amide bonds. The van der Waals surface area contributed by atoms with Gasteiger partial charge in [-0.1, -0.05) is 12.1 Å². The van der Waals surface area contributed by atoms with Crippen molar-refractivity contribution in [3.05, 3.63) is 64.8 Å². The number of oxazole rings is 1. The molecule has 0 spiro atoms. The van der Waals surface area contributed by atoms with E-state index in [0.29, 0.717) is 42.7 Å². The first-order valence-electron chi connectivity index (χ1n) is 8.33. The summed E-state index contributed by atoms with van der Waals surface area (Å²) in [4.78, 5) is 13.3. The van der Waals surface area contributed by atoms with E-state index >= 15 is 0 Å². The average molecular weight is 356 g/mol. The average Bonchev–Trinajstić information content (AvgIpc) is 3.04. The number of hydrogen-bond acceptors (Lipinski definition) is 6. The Morgan fingerprint density at radius 1 is 1.19 bits per heavy atom. The van der Waals surface area contributed by atoms with Crippen LogP contribution in [0.1, 0.15) is 28.3 Å². The van der Waals surface area contributed by atoms with Gasteiger partial charge in [0.2, 0.25) is 5.88 Å². The second-order valence-corrected chi connectivity index (χ2v) is 6.01. The number of rotatable bonds is 7. The minimum Gasteiger partial charge on any atom is -0.427 e. The van der Waals surface area contributed by atoms with Crippen molar-refractivity contribution in [1.82, 2.24) is 15.0 Å². The molecule has 0 aliphatic heterocycles. The molecule has 0 saturated heterocycles. The van der Waals surface area contributed by atoms with Crippen LogP contribution in [-0.2, 0) is 24.2 Å². The molecule has 1 aromatic carbocycles. The van der Waals surface area contributed by atoms with E-state index in [0.717, 1.165) is 16.8 Å². The maximum absolute atomic E-state index is 13.3. The fraction of sp³-hybridized carbons (Fsp3) is 0.316. The van der Waals surface area contributed by atoms with Crippen molar-refractivity contribution in [3.63, 3.8) is 0 Å². The largest absolute Gasteiger partial charge is 0.427 e. The number of methoxy groups -OCH3 is 1. The number of nitrogens with one attached hydrogen (secondary N) is 1. The standard InChI is InChI=1S/C19H21FN4O2/c1-12-13(2)22-17(8-7-14-5-4-6-15(20)9-14)23-18(12)24-19-16(10-25-3)21-11-26-19/h4-6,9,11H,7-8,10H2,1-3H3,(H,22,23,24). The summed E-state index contributed by atoms with van der Waals surface area (Å²) in [5.41, 5.74) is 3.40. The van der Waals surface area contributed by atoms with E-state index < -0.39 is 0 Å². The first kappa shape index (κ1) is 18.0. The van der Waals surface area contributed by atoms with Crippen LogP contribution in [0, 0.1) is 19.7 Å². The van der Waals surface area contributed by atoms with Crippen molar-refractivity contribution in [3.8, 4) is 0 Å². The summed E-state index contributed by atoms with van der Waals surface area (Å²) in [5, 5.41) is 3.17. The number of nitrogens with zero attached hydrogens (tertiary/aromatic N) is 3. The maximum Gasteiger partial charge on any atom is 0.224 e. The van der Waals surface area contributed by atoms with Crippen molar-refractivity contribution in [2.45, 2.75) is 33.3 Å². The lowest BCUT2D eigenvalue weighted by atomic mass is 10.1. The summed E-state index contributed by atoms with van der Waals surface area (Å²) in [6.45, 7) is 4.22. The third-order valence-corrected chi connectivity index (χ3v) is 4.12. The highest BCUT2D eigenvalue weighted by Gasteiger charge is 2.13. The molecule has 2 aromatic heterocycles. The van der Waals surface area contributed by atoms with Crippen molar-refractivity contribution < 1.29 is 13.5 Å². The number of hydrogen-bond donors (Lipinski definition) is 1. The SMILES string of the molecule is COCc1ncoc1Nc1nc(CCc2cccc(F)c2)nc(C)c1C. The molecule has 0 radical (unpaired) electrons. The number of ether oxygens (including phenoxy) is 1. The molecule has 7 heteroatoms. The number of aryl methyl sites for hydroxylation is 3. The molecule has 136 valence electrons. The molecule has 0 aliphatic carbocycles. The predicted molar refractivity (Wildman–Crippen MR) is 95.8 cm³/mol. The lowest BCUT2D eigenvalue weighted by molar-refractivity contribution is 0.182. The van der Waals surface area contributed by atoms with E-state index in [1.165, 1.54) is 18.5 Å². The summed E-state index contributed by atoms with van der Waals surface area (Å²) in [7, 11) is 1.60. The lowest BCUT2D eigenvalue weighted by Gasteiger charge is -2.11. The van der Waals surface area contributed by atoms with Gasteiger partial charge in [0.15, 0.2) is 6.39 Å².